The number of carbonyl (C=O) groups is 1. The first kappa shape index (κ1) is 14.6. The molecule has 0 aliphatic rings. The quantitative estimate of drug-likeness (QED) is 0.844. The third-order valence-electron chi connectivity index (χ3n) is 3.11. The summed E-state index contributed by atoms with van der Waals surface area (Å²) in [5.41, 5.74) is 7.36. The van der Waals surface area contributed by atoms with E-state index in [1.807, 2.05) is 25.1 Å². The van der Waals surface area contributed by atoms with Crippen LogP contribution in [0.3, 0.4) is 0 Å². The van der Waals surface area contributed by atoms with E-state index < -0.39 is 0 Å². The van der Waals surface area contributed by atoms with Crippen molar-refractivity contribution in [3.8, 4) is 0 Å². The second-order valence-corrected chi connectivity index (χ2v) is 4.86. The van der Waals surface area contributed by atoms with Crippen molar-refractivity contribution < 1.29 is 13.9 Å². The number of rotatable bonds is 6. The van der Waals surface area contributed by atoms with E-state index in [0.29, 0.717) is 30.9 Å². The molecule has 1 amide bonds. The zero-order chi connectivity index (χ0) is 14.5. The van der Waals surface area contributed by atoms with Crippen molar-refractivity contribution in [2.24, 2.45) is 5.73 Å². The Hall–Kier alpha value is -1.85. The zero-order valence-electron chi connectivity index (χ0n) is 11.8. The van der Waals surface area contributed by atoms with Gasteiger partial charge in [0, 0.05) is 12.5 Å². The van der Waals surface area contributed by atoms with Crippen LogP contribution in [-0.2, 0) is 4.74 Å². The number of fused-ring (bicyclic) bond motifs is 1. The van der Waals surface area contributed by atoms with Crippen molar-refractivity contribution in [3.63, 3.8) is 0 Å². The van der Waals surface area contributed by atoms with Crippen molar-refractivity contribution in [1.29, 1.82) is 0 Å². The van der Waals surface area contributed by atoms with Crippen LogP contribution in [0.15, 0.2) is 28.7 Å². The summed E-state index contributed by atoms with van der Waals surface area (Å²) in [6, 6.07) is 7.46. The van der Waals surface area contributed by atoms with Crippen LogP contribution in [0.1, 0.15) is 22.5 Å². The number of nitrogens with one attached hydrogen (secondary N) is 1. The van der Waals surface area contributed by atoms with Gasteiger partial charge in [-0.25, -0.2) is 0 Å². The number of methoxy groups -OCH3 is 1. The molecule has 0 aliphatic carbocycles. The summed E-state index contributed by atoms with van der Waals surface area (Å²) in [6.07, 6.45) is 0.666. The van der Waals surface area contributed by atoms with Crippen LogP contribution in [0.25, 0.3) is 11.0 Å². The SMILES string of the molecule is COCC(CCN)NC(=O)c1cc2cc(C)ccc2o1. The van der Waals surface area contributed by atoms with E-state index >= 15 is 0 Å². The lowest BCUT2D eigenvalue weighted by Gasteiger charge is -2.15. The third kappa shape index (κ3) is 3.37. The molecule has 1 unspecified atom stereocenters. The van der Waals surface area contributed by atoms with Gasteiger partial charge in [-0.15, -0.1) is 0 Å². The van der Waals surface area contributed by atoms with Gasteiger partial charge in [0.2, 0.25) is 0 Å². The maximum absolute atomic E-state index is 12.2. The van der Waals surface area contributed by atoms with Gasteiger partial charge in [-0.2, -0.15) is 0 Å². The molecule has 5 nitrogen and oxygen atoms in total. The highest BCUT2D eigenvalue weighted by Crippen LogP contribution is 2.20. The van der Waals surface area contributed by atoms with Gasteiger partial charge in [0.05, 0.1) is 12.6 Å². The number of hydrogen-bond donors (Lipinski definition) is 2. The second-order valence-electron chi connectivity index (χ2n) is 4.86. The molecule has 0 saturated heterocycles. The van der Waals surface area contributed by atoms with Crippen LogP contribution in [0.2, 0.25) is 0 Å². The minimum absolute atomic E-state index is 0.104. The minimum Gasteiger partial charge on any atom is -0.451 e. The topological polar surface area (TPSA) is 77.5 Å². The van der Waals surface area contributed by atoms with Gasteiger partial charge >= 0.3 is 0 Å². The molecule has 2 rings (SSSR count). The van der Waals surface area contributed by atoms with E-state index in [1.165, 1.54) is 0 Å². The Balaban J connectivity index is 2.13. The van der Waals surface area contributed by atoms with E-state index in [4.69, 9.17) is 14.9 Å². The average Bonchev–Trinajstić information content (AvgIpc) is 2.82. The van der Waals surface area contributed by atoms with Gasteiger partial charge in [0.15, 0.2) is 5.76 Å². The fraction of sp³-hybridized carbons (Fsp3) is 0.400. The number of carbonyl (C=O) groups excluding carboxylic acids is 1. The van der Waals surface area contributed by atoms with E-state index in [2.05, 4.69) is 5.32 Å². The van der Waals surface area contributed by atoms with E-state index in [-0.39, 0.29) is 11.9 Å². The average molecular weight is 276 g/mol. The molecule has 1 aromatic heterocycles. The molecule has 3 N–H and O–H groups in total. The second kappa shape index (κ2) is 6.54. The predicted octanol–water partition coefficient (Wildman–Crippen LogP) is 1.83. The van der Waals surface area contributed by atoms with Gasteiger partial charge in [0.1, 0.15) is 5.58 Å². The first-order chi connectivity index (χ1) is 9.63. The maximum Gasteiger partial charge on any atom is 0.287 e. The molecule has 0 saturated carbocycles. The molecule has 0 aliphatic heterocycles. The number of hydrogen-bond acceptors (Lipinski definition) is 4. The Kier molecular flexibility index (Phi) is 4.76. The lowest BCUT2D eigenvalue weighted by Crippen LogP contribution is -2.39. The Labute approximate surface area is 118 Å². The fourth-order valence-electron chi connectivity index (χ4n) is 2.13. The van der Waals surface area contributed by atoms with E-state index in [0.717, 1.165) is 10.9 Å². The number of benzene rings is 1. The Morgan fingerprint density at radius 3 is 2.95 bits per heavy atom. The highest BCUT2D eigenvalue weighted by molar-refractivity contribution is 5.96. The largest absolute Gasteiger partial charge is 0.451 e. The lowest BCUT2D eigenvalue weighted by molar-refractivity contribution is 0.0868. The van der Waals surface area contributed by atoms with Crippen LogP contribution in [0.4, 0.5) is 0 Å². The number of ether oxygens (including phenoxy) is 1. The summed E-state index contributed by atoms with van der Waals surface area (Å²) >= 11 is 0. The summed E-state index contributed by atoms with van der Waals surface area (Å²) in [6.45, 7) is 2.93. The monoisotopic (exact) mass is 276 g/mol. The van der Waals surface area contributed by atoms with Gasteiger partial charge in [-0.3, -0.25) is 4.79 Å². The normalized spacial score (nSPS) is 12.6. The summed E-state index contributed by atoms with van der Waals surface area (Å²) < 4.78 is 10.6. The van der Waals surface area contributed by atoms with Gasteiger partial charge in [0.25, 0.3) is 5.91 Å². The van der Waals surface area contributed by atoms with E-state index in [9.17, 15) is 4.79 Å². The van der Waals surface area contributed by atoms with Crippen LogP contribution in [-0.4, -0.2) is 32.2 Å². The molecule has 1 heterocycles. The summed E-state index contributed by atoms with van der Waals surface area (Å²) in [5, 5.41) is 3.80. The molecule has 0 radical (unpaired) electrons. The molecule has 20 heavy (non-hydrogen) atoms. The molecule has 5 heteroatoms. The maximum atomic E-state index is 12.2. The predicted molar refractivity (Wildman–Crippen MR) is 77.8 cm³/mol. The van der Waals surface area contributed by atoms with E-state index in [1.54, 1.807) is 13.2 Å². The van der Waals surface area contributed by atoms with Crippen molar-refractivity contribution in [1.82, 2.24) is 5.32 Å². The van der Waals surface area contributed by atoms with Gasteiger partial charge < -0.3 is 20.2 Å². The lowest BCUT2D eigenvalue weighted by atomic mass is 10.2. The summed E-state index contributed by atoms with van der Waals surface area (Å²) in [5.74, 6) is 0.0677. The molecule has 0 bridgehead atoms. The smallest absolute Gasteiger partial charge is 0.287 e. The Morgan fingerprint density at radius 2 is 2.25 bits per heavy atom. The molecule has 108 valence electrons. The standard InChI is InChI=1S/C15H20N2O3/c1-10-3-4-13-11(7-10)8-14(20-13)15(18)17-12(5-6-16)9-19-2/h3-4,7-8,12H,5-6,9,16H2,1-2H3,(H,17,18). The number of amides is 1. The highest BCUT2D eigenvalue weighted by Gasteiger charge is 2.16. The van der Waals surface area contributed by atoms with Crippen LogP contribution >= 0.6 is 0 Å². The van der Waals surface area contributed by atoms with Gasteiger partial charge in [-0.05, 0) is 38.1 Å². The van der Waals surface area contributed by atoms with Crippen molar-refractivity contribution in [2.75, 3.05) is 20.3 Å². The molecular weight excluding hydrogens is 256 g/mol. The van der Waals surface area contributed by atoms with Crippen molar-refractivity contribution in [3.05, 3.63) is 35.6 Å². The zero-order valence-corrected chi connectivity index (χ0v) is 11.8. The molecular formula is C15H20N2O3. The third-order valence-corrected chi connectivity index (χ3v) is 3.11. The molecule has 0 spiro atoms. The van der Waals surface area contributed by atoms with Crippen molar-refractivity contribution in [2.45, 2.75) is 19.4 Å². The fourth-order valence-corrected chi connectivity index (χ4v) is 2.13. The highest BCUT2D eigenvalue weighted by atomic mass is 16.5. The molecule has 0 fully saturated rings. The first-order valence-electron chi connectivity index (χ1n) is 6.64. The number of nitrogens with two attached hydrogens (primary N) is 1. The van der Waals surface area contributed by atoms with Crippen LogP contribution in [0, 0.1) is 6.92 Å². The summed E-state index contributed by atoms with van der Waals surface area (Å²) in [7, 11) is 1.60. The van der Waals surface area contributed by atoms with Crippen LogP contribution < -0.4 is 11.1 Å². The molecule has 1 aromatic carbocycles. The first-order valence-corrected chi connectivity index (χ1v) is 6.64. The van der Waals surface area contributed by atoms with Crippen molar-refractivity contribution >= 4 is 16.9 Å². The molecule has 2 aromatic rings. The molecule has 1 atom stereocenters. The van der Waals surface area contributed by atoms with Gasteiger partial charge in [-0.1, -0.05) is 11.6 Å². The Morgan fingerprint density at radius 1 is 1.45 bits per heavy atom. The summed E-state index contributed by atoms with van der Waals surface area (Å²) in [4.78, 5) is 12.2. The number of furan rings is 1. The minimum atomic E-state index is -0.241. The Bertz CT molecular complexity index is 586. The van der Waals surface area contributed by atoms with Crippen LogP contribution in [0.5, 0.6) is 0 Å². The number of aryl methyl sites for hydroxylation is 1.